The fraction of sp³-hybridized carbons (Fsp3) is 0.250. The van der Waals surface area contributed by atoms with E-state index in [4.69, 9.17) is 16.7 Å². The van der Waals surface area contributed by atoms with Crippen LogP contribution < -0.4 is 0 Å². The van der Waals surface area contributed by atoms with Crippen LogP contribution in [0.4, 0.5) is 14.5 Å². The molecule has 1 aromatic rings. The van der Waals surface area contributed by atoms with Crippen molar-refractivity contribution in [1.82, 2.24) is 4.98 Å². The number of alkyl halides is 2. The highest BCUT2D eigenvalue weighted by Crippen LogP contribution is 2.30. The van der Waals surface area contributed by atoms with Gasteiger partial charge in [0.05, 0.1) is 11.3 Å². The second-order valence-electron chi connectivity index (χ2n) is 2.97. The molecule has 0 bridgehead atoms. The minimum Gasteiger partial charge on any atom is -0.481 e. The van der Waals surface area contributed by atoms with E-state index in [-0.39, 0.29) is 5.56 Å². The van der Waals surface area contributed by atoms with Crippen LogP contribution in [0.2, 0.25) is 5.15 Å². The van der Waals surface area contributed by atoms with Crippen molar-refractivity contribution in [2.45, 2.75) is 12.8 Å². The highest BCUT2D eigenvalue weighted by Gasteiger charge is 2.26. The lowest BCUT2D eigenvalue weighted by atomic mass is 10.1. The molecule has 92 valence electrons. The molecule has 1 aromatic heterocycles. The Morgan fingerprint density at radius 2 is 2.24 bits per heavy atom. The van der Waals surface area contributed by atoms with Crippen molar-refractivity contribution in [3.05, 3.63) is 32.6 Å². The fourth-order valence-electron chi connectivity index (χ4n) is 1.13. The summed E-state index contributed by atoms with van der Waals surface area (Å²) in [6, 6.07) is 0.699. The highest BCUT2D eigenvalue weighted by molar-refractivity contribution is 6.30. The molecule has 0 aliphatic heterocycles. The van der Waals surface area contributed by atoms with Gasteiger partial charge in [0.15, 0.2) is 5.69 Å². The lowest BCUT2D eigenvalue weighted by Crippen LogP contribution is -2.06. The average Bonchev–Trinajstić information content (AvgIpc) is 2.19. The van der Waals surface area contributed by atoms with E-state index in [0.717, 1.165) is 0 Å². The van der Waals surface area contributed by atoms with Gasteiger partial charge in [-0.3, -0.25) is 14.9 Å². The van der Waals surface area contributed by atoms with E-state index in [1.54, 1.807) is 0 Å². The summed E-state index contributed by atoms with van der Waals surface area (Å²) in [5, 5.41) is 18.5. The van der Waals surface area contributed by atoms with Gasteiger partial charge in [-0.1, -0.05) is 11.6 Å². The summed E-state index contributed by atoms with van der Waals surface area (Å²) in [5.74, 6) is -1.30. The van der Waals surface area contributed by atoms with Gasteiger partial charge in [0, 0.05) is 11.6 Å². The molecular formula is C8H5ClF2N2O4. The summed E-state index contributed by atoms with van der Waals surface area (Å²) >= 11 is 5.46. The van der Waals surface area contributed by atoms with Crippen LogP contribution in [0.15, 0.2) is 6.07 Å². The van der Waals surface area contributed by atoms with Gasteiger partial charge in [-0.15, -0.1) is 0 Å². The monoisotopic (exact) mass is 266 g/mol. The number of hydrogen-bond donors (Lipinski definition) is 1. The Hall–Kier alpha value is -1.83. The van der Waals surface area contributed by atoms with Crippen LogP contribution in [0, 0.1) is 10.1 Å². The SMILES string of the molecule is O=C(O)Cc1cc([N+](=O)[O-])c(C(F)F)nc1Cl. The molecule has 0 amide bonds. The van der Waals surface area contributed by atoms with Gasteiger partial charge in [-0.05, 0) is 0 Å². The van der Waals surface area contributed by atoms with E-state index in [1.807, 2.05) is 0 Å². The second-order valence-corrected chi connectivity index (χ2v) is 3.33. The van der Waals surface area contributed by atoms with Crippen LogP contribution in [-0.2, 0) is 11.2 Å². The Kier molecular flexibility index (Phi) is 3.89. The fourth-order valence-corrected chi connectivity index (χ4v) is 1.34. The van der Waals surface area contributed by atoms with Crippen LogP contribution in [0.25, 0.3) is 0 Å². The maximum absolute atomic E-state index is 12.4. The van der Waals surface area contributed by atoms with Crippen molar-refractivity contribution in [3.8, 4) is 0 Å². The quantitative estimate of drug-likeness (QED) is 0.512. The number of rotatable bonds is 4. The third-order valence-corrected chi connectivity index (χ3v) is 2.13. The zero-order valence-corrected chi connectivity index (χ0v) is 8.82. The Bertz CT molecular complexity index is 481. The second kappa shape index (κ2) is 5.00. The molecule has 0 saturated heterocycles. The summed E-state index contributed by atoms with van der Waals surface area (Å²) in [7, 11) is 0. The van der Waals surface area contributed by atoms with Gasteiger partial charge in [0.1, 0.15) is 5.15 Å². The van der Waals surface area contributed by atoms with E-state index in [9.17, 15) is 23.7 Å². The first-order valence-electron chi connectivity index (χ1n) is 4.16. The number of halogens is 3. The minimum absolute atomic E-state index is 0.185. The molecule has 0 spiro atoms. The maximum Gasteiger partial charge on any atom is 0.307 e. The van der Waals surface area contributed by atoms with E-state index in [0.29, 0.717) is 6.07 Å². The van der Waals surface area contributed by atoms with Crippen LogP contribution in [-0.4, -0.2) is 21.0 Å². The largest absolute Gasteiger partial charge is 0.481 e. The van der Waals surface area contributed by atoms with Gasteiger partial charge in [-0.25, -0.2) is 13.8 Å². The number of aromatic nitrogens is 1. The number of aliphatic carboxylic acids is 1. The summed E-state index contributed by atoms with van der Waals surface area (Å²) in [5.41, 5.74) is -2.20. The molecule has 9 heteroatoms. The minimum atomic E-state index is -3.16. The van der Waals surface area contributed by atoms with E-state index in [1.165, 1.54) is 0 Å². The molecule has 17 heavy (non-hydrogen) atoms. The predicted octanol–water partition coefficient (Wildman–Crippen LogP) is 2.21. The summed E-state index contributed by atoms with van der Waals surface area (Å²) < 4.78 is 24.8. The zero-order valence-electron chi connectivity index (χ0n) is 8.06. The van der Waals surface area contributed by atoms with Crippen molar-refractivity contribution >= 4 is 23.3 Å². The van der Waals surface area contributed by atoms with Crippen LogP contribution in [0.1, 0.15) is 17.7 Å². The molecule has 0 saturated carbocycles. The molecule has 1 heterocycles. The average molecular weight is 267 g/mol. The highest BCUT2D eigenvalue weighted by atomic mass is 35.5. The molecule has 0 radical (unpaired) electrons. The Balaban J connectivity index is 3.34. The lowest BCUT2D eigenvalue weighted by molar-refractivity contribution is -0.386. The van der Waals surface area contributed by atoms with Crippen molar-refractivity contribution in [3.63, 3.8) is 0 Å². The number of pyridine rings is 1. The zero-order chi connectivity index (χ0) is 13.2. The first-order chi connectivity index (χ1) is 7.82. The molecule has 6 nitrogen and oxygen atoms in total. The molecule has 0 unspecified atom stereocenters. The summed E-state index contributed by atoms with van der Waals surface area (Å²) in [6.07, 6.45) is -3.79. The number of nitrogens with zero attached hydrogens (tertiary/aromatic N) is 2. The topological polar surface area (TPSA) is 93.3 Å². The molecule has 0 atom stereocenters. The molecule has 0 fully saturated rings. The molecule has 1 rings (SSSR count). The molecule has 0 aliphatic rings. The van der Waals surface area contributed by atoms with Crippen molar-refractivity contribution in [2.75, 3.05) is 0 Å². The number of hydrogen-bond acceptors (Lipinski definition) is 4. The Labute approximate surface area is 98.0 Å². The first-order valence-corrected chi connectivity index (χ1v) is 4.54. The summed E-state index contributed by atoms with van der Waals surface area (Å²) in [6.45, 7) is 0. The van der Waals surface area contributed by atoms with Gasteiger partial charge in [-0.2, -0.15) is 0 Å². The van der Waals surface area contributed by atoms with E-state index in [2.05, 4.69) is 4.98 Å². The van der Waals surface area contributed by atoms with E-state index >= 15 is 0 Å². The lowest BCUT2D eigenvalue weighted by Gasteiger charge is -2.05. The first kappa shape index (κ1) is 13.2. The number of carboxylic acid groups (broad SMARTS) is 1. The Morgan fingerprint density at radius 3 is 2.65 bits per heavy atom. The summed E-state index contributed by atoms with van der Waals surface area (Å²) in [4.78, 5) is 23.0. The molecule has 0 aromatic carbocycles. The normalized spacial score (nSPS) is 10.6. The number of carbonyl (C=O) groups is 1. The molecule has 0 aliphatic carbocycles. The number of carboxylic acids is 1. The Morgan fingerprint density at radius 1 is 1.65 bits per heavy atom. The van der Waals surface area contributed by atoms with Crippen LogP contribution >= 0.6 is 11.6 Å². The third-order valence-electron chi connectivity index (χ3n) is 1.80. The number of nitro groups is 1. The predicted molar refractivity (Wildman–Crippen MR) is 52.2 cm³/mol. The van der Waals surface area contributed by atoms with Crippen molar-refractivity contribution in [2.24, 2.45) is 0 Å². The van der Waals surface area contributed by atoms with Crippen LogP contribution in [0.5, 0.6) is 0 Å². The maximum atomic E-state index is 12.4. The van der Waals surface area contributed by atoms with Gasteiger partial charge >= 0.3 is 5.97 Å². The standard InChI is InChI=1S/C8H5ClF2N2O4/c9-7-3(2-5(14)15)1-4(13(16)17)6(12-7)8(10)11/h1,8H,2H2,(H,14,15). The van der Waals surface area contributed by atoms with Crippen molar-refractivity contribution in [1.29, 1.82) is 0 Å². The van der Waals surface area contributed by atoms with E-state index < -0.39 is 40.3 Å². The third kappa shape index (κ3) is 3.06. The molecule has 1 N–H and O–H groups in total. The van der Waals surface area contributed by atoms with Crippen molar-refractivity contribution < 1.29 is 23.6 Å². The van der Waals surface area contributed by atoms with Crippen LogP contribution in [0.3, 0.4) is 0 Å². The van der Waals surface area contributed by atoms with Gasteiger partial charge < -0.3 is 5.11 Å². The molecular weight excluding hydrogens is 262 g/mol. The smallest absolute Gasteiger partial charge is 0.307 e. The van der Waals surface area contributed by atoms with Gasteiger partial charge in [0.2, 0.25) is 0 Å². The van der Waals surface area contributed by atoms with Gasteiger partial charge in [0.25, 0.3) is 12.1 Å².